The number of carboxylic acid groups (broad SMARTS) is 1. The molecule has 0 aromatic carbocycles. The van der Waals surface area contributed by atoms with Gasteiger partial charge in [-0.2, -0.15) is 0 Å². The molecule has 0 bridgehead atoms. The van der Waals surface area contributed by atoms with E-state index in [1.807, 2.05) is 21.1 Å². The fourth-order valence-corrected chi connectivity index (χ4v) is 5.45. The van der Waals surface area contributed by atoms with Gasteiger partial charge in [-0.3, -0.25) is 4.79 Å². The van der Waals surface area contributed by atoms with Crippen LogP contribution in [0, 0.1) is 0 Å². The minimum Gasteiger partial charge on any atom is -0.481 e. The average Bonchev–Trinajstić information content (AvgIpc) is 2.56. The first-order valence-corrected chi connectivity index (χ1v) is 15.0. The molecule has 29 heavy (non-hydrogen) atoms. The molecule has 0 heterocycles. The van der Waals surface area contributed by atoms with Crippen LogP contribution in [0.2, 0.25) is 0 Å². The molecule has 0 spiro atoms. The van der Waals surface area contributed by atoms with Gasteiger partial charge in [-0.1, -0.05) is 89.8 Å². The topological polar surface area (TPSA) is 55.8 Å². The lowest BCUT2D eigenvalue weighted by Gasteiger charge is -2.30. The van der Waals surface area contributed by atoms with Crippen molar-refractivity contribution in [1.82, 2.24) is 0 Å². The first-order chi connectivity index (χ1) is 13.6. The Morgan fingerprint density at radius 2 is 1.41 bits per heavy atom. The van der Waals surface area contributed by atoms with E-state index in [0.29, 0.717) is 17.6 Å². The smallest absolute Gasteiger partial charge is 0.306 e. The van der Waals surface area contributed by atoms with Crippen LogP contribution in [0.15, 0.2) is 0 Å². The van der Waals surface area contributed by atoms with Gasteiger partial charge in [0.1, 0.15) is 12.6 Å². The lowest BCUT2D eigenvalue weighted by molar-refractivity contribution is -0.873. The molecule has 0 saturated carbocycles. The number of thiol groups is 1. The summed E-state index contributed by atoms with van der Waals surface area (Å²) in [6, 6.07) is 0. The molecule has 0 aromatic heterocycles. The van der Waals surface area contributed by atoms with Crippen LogP contribution in [0.5, 0.6) is 0 Å². The number of carbonyl (C=O) groups is 1. The minimum atomic E-state index is -2.72. The number of unbranched alkanes of at least 4 members (excludes halogenated alkanes) is 11. The summed E-state index contributed by atoms with van der Waals surface area (Å²) >= 11 is 9.77. The molecule has 2 atom stereocenters. The van der Waals surface area contributed by atoms with Gasteiger partial charge < -0.3 is 18.6 Å². The predicted octanol–water partition coefficient (Wildman–Crippen LogP) is 6.42. The molecule has 0 aliphatic carbocycles. The van der Waals surface area contributed by atoms with Crippen LogP contribution in [0.25, 0.3) is 0 Å². The zero-order chi connectivity index (χ0) is 22.2. The van der Waals surface area contributed by atoms with Crippen molar-refractivity contribution in [2.24, 2.45) is 0 Å². The summed E-state index contributed by atoms with van der Waals surface area (Å²) in [7, 11) is 5.98. The normalized spacial score (nSPS) is 15.2. The van der Waals surface area contributed by atoms with Crippen molar-refractivity contribution >= 4 is 35.7 Å². The molecule has 0 fully saturated rings. The highest BCUT2D eigenvalue weighted by Gasteiger charge is 2.27. The number of nitrogens with zero attached hydrogens (tertiary/aromatic N) is 1. The fourth-order valence-electron chi connectivity index (χ4n) is 3.28. The second-order valence-electron chi connectivity index (χ2n) is 8.99. The number of carboxylic acids is 1. The number of hydrogen-bond donors (Lipinski definition) is 2. The van der Waals surface area contributed by atoms with Gasteiger partial charge in [0.2, 0.25) is 5.69 Å². The summed E-state index contributed by atoms with van der Waals surface area (Å²) in [5.41, 5.74) is -2.72. The molecule has 0 aliphatic rings. The van der Waals surface area contributed by atoms with Gasteiger partial charge in [-0.15, -0.1) is 0 Å². The summed E-state index contributed by atoms with van der Waals surface area (Å²) in [5.74, 6) is -0.896. The van der Waals surface area contributed by atoms with Gasteiger partial charge in [0, 0.05) is 0 Å². The van der Waals surface area contributed by atoms with Gasteiger partial charge in [0.05, 0.1) is 34.2 Å². The Kier molecular flexibility index (Phi) is 17.2. The number of aliphatic carboxylic acids is 1. The summed E-state index contributed by atoms with van der Waals surface area (Å²) in [4.78, 5) is 11.1. The van der Waals surface area contributed by atoms with Crippen LogP contribution in [0.3, 0.4) is 0 Å². The summed E-state index contributed by atoms with van der Waals surface area (Å²) in [6.07, 6.45) is 14.9. The van der Waals surface area contributed by atoms with E-state index in [9.17, 15) is 4.79 Å². The minimum absolute atomic E-state index is 0.0869. The first kappa shape index (κ1) is 29.4. The number of hydrogen-bond acceptors (Lipinski definition) is 4. The van der Waals surface area contributed by atoms with Crippen molar-refractivity contribution in [3.05, 3.63) is 0 Å². The van der Waals surface area contributed by atoms with E-state index in [4.69, 9.17) is 26.0 Å². The Morgan fingerprint density at radius 1 is 0.966 bits per heavy atom. The third-order valence-electron chi connectivity index (χ3n) is 4.69. The third-order valence-corrected chi connectivity index (χ3v) is 6.97. The van der Waals surface area contributed by atoms with Crippen molar-refractivity contribution in [3.8, 4) is 0 Å². The maximum atomic E-state index is 11.1. The molecule has 5 nitrogen and oxygen atoms in total. The average molecular weight is 471 g/mol. The van der Waals surface area contributed by atoms with E-state index < -0.39 is 17.8 Å². The van der Waals surface area contributed by atoms with Crippen LogP contribution in [0.1, 0.15) is 90.4 Å². The van der Waals surface area contributed by atoms with E-state index in [0.717, 1.165) is 12.8 Å². The molecule has 0 saturated heterocycles. The van der Waals surface area contributed by atoms with E-state index in [2.05, 4.69) is 19.2 Å². The molecule has 0 aliphatic heterocycles. The van der Waals surface area contributed by atoms with Gasteiger partial charge in [-0.05, 0) is 18.2 Å². The van der Waals surface area contributed by atoms with Crippen molar-refractivity contribution in [1.29, 1.82) is 0 Å². The van der Waals surface area contributed by atoms with E-state index >= 15 is 0 Å². The monoisotopic (exact) mass is 470 g/mol. The predicted molar refractivity (Wildman–Crippen MR) is 130 cm³/mol. The summed E-state index contributed by atoms with van der Waals surface area (Å²) < 4.78 is 12.1. The Balaban J connectivity index is 3.82. The second kappa shape index (κ2) is 17.0. The Bertz CT molecular complexity index is 472. The molecule has 0 rings (SSSR count). The molecule has 0 amide bonds. The molecule has 0 aromatic rings. The van der Waals surface area contributed by atoms with Crippen molar-refractivity contribution in [2.75, 3.05) is 34.3 Å². The Morgan fingerprint density at radius 3 is 1.83 bits per heavy atom. The SMILES string of the molecule is CCCCCCCCCCCCCCOP(=S)(S)OC(CC(=O)O)C[N+](C)(C)C. The molecule has 2 unspecified atom stereocenters. The third kappa shape index (κ3) is 21.4. The van der Waals surface area contributed by atoms with Gasteiger partial charge in [-0.25, -0.2) is 0 Å². The van der Waals surface area contributed by atoms with Crippen molar-refractivity contribution < 1.29 is 23.4 Å². The van der Waals surface area contributed by atoms with Crippen molar-refractivity contribution in [3.63, 3.8) is 0 Å². The lowest BCUT2D eigenvalue weighted by Crippen LogP contribution is -2.42. The Hall–Kier alpha value is 0.350. The highest BCUT2D eigenvalue weighted by atomic mass is 32.9. The van der Waals surface area contributed by atoms with Gasteiger partial charge >= 0.3 is 5.97 Å². The zero-order valence-corrected chi connectivity index (χ0v) is 21.7. The largest absolute Gasteiger partial charge is 0.481 e. The van der Waals surface area contributed by atoms with Crippen LogP contribution < -0.4 is 0 Å². The highest BCUT2D eigenvalue weighted by molar-refractivity contribution is 8.60. The van der Waals surface area contributed by atoms with E-state index in [-0.39, 0.29) is 6.42 Å². The molecule has 174 valence electrons. The summed E-state index contributed by atoms with van der Waals surface area (Å²) in [5, 5.41) is 9.10. The van der Waals surface area contributed by atoms with Crippen molar-refractivity contribution in [2.45, 2.75) is 96.5 Å². The van der Waals surface area contributed by atoms with Crippen LogP contribution in [0.4, 0.5) is 0 Å². The zero-order valence-electron chi connectivity index (χ0n) is 19.1. The highest BCUT2D eigenvalue weighted by Crippen LogP contribution is 2.54. The standard InChI is InChI=1S/C21H44NO4PS2/c1-5-6-7-8-9-10-11-12-13-14-15-16-17-25-27(28,29)26-20(18-21(23)24)19-22(2,3)4/h20H,5-19H2,1-4H3,(H-,23,24,28,29)/p+1. The first-order valence-electron chi connectivity index (χ1n) is 11.2. The quantitative estimate of drug-likeness (QED) is 0.0930. The van der Waals surface area contributed by atoms with E-state index in [1.54, 1.807) is 0 Å². The fraction of sp³-hybridized carbons (Fsp3) is 0.952. The van der Waals surface area contributed by atoms with Crippen LogP contribution in [-0.4, -0.2) is 56.0 Å². The number of rotatable bonds is 20. The maximum absolute atomic E-state index is 11.1. The molecular formula is C21H45NO4PS2+. The lowest BCUT2D eigenvalue weighted by atomic mass is 10.1. The van der Waals surface area contributed by atoms with E-state index in [1.165, 1.54) is 64.2 Å². The van der Waals surface area contributed by atoms with Gasteiger partial charge in [0.15, 0.2) is 0 Å². The summed E-state index contributed by atoms with van der Waals surface area (Å²) in [6.45, 7) is 3.34. The number of likely N-dealkylation sites (N-methyl/N-ethyl adjacent to an activating group) is 1. The molecular weight excluding hydrogens is 425 g/mol. The maximum Gasteiger partial charge on any atom is 0.306 e. The van der Waals surface area contributed by atoms with Crippen LogP contribution >= 0.6 is 17.9 Å². The molecule has 8 heteroatoms. The van der Waals surface area contributed by atoms with Gasteiger partial charge in [0.25, 0.3) is 0 Å². The van der Waals surface area contributed by atoms with Crippen LogP contribution in [-0.2, 0) is 25.6 Å². The second-order valence-corrected chi connectivity index (χ2v) is 14.2. The molecule has 0 radical (unpaired) electrons. The Labute approximate surface area is 189 Å². The number of quaternary nitrogens is 1. The molecule has 1 N–H and O–H groups in total.